The summed E-state index contributed by atoms with van der Waals surface area (Å²) in [6, 6.07) is 13.3. The van der Waals surface area contributed by atoms with Gasteiger partial charge in [-0.15, -0.1) is 0 Å². The lowest BCUT2D eigenvalue weighted by atomic mass is 10.1. The molecular formula is C24H32BrNO2. The van der Waals surface area contributed by atoms with Gasteiger partial charge in [0.05, 0.1) is 11.1 Å². The first-order chi connectivity index (χ1) is 13.7. The summed E-state index contributed by atoms with van der Waals surface area (Å²) >= 11 is 3.70. The van der Waals surface area contributed by atoms with Gasteiger partial charge in [-0.1, -0.05) is 55.5 Å². The van der Waals surface area contributed by atoms with Crippen LogP contribution in [0.3, 0.4) is 0 Å². The number of halogens is 1. The minimum absolute atomic E-state index is 0.526. The fraction of sp³-hybridized carbons (Fsp3) is 0.500. The number of benzene rings is 2. The van der Waals surface area contributed by atoms with Gasteiger partial charge in [-0.25, -0.2) is 0 Å². The van der Waals surface area contributed by atoms with Gasteiger partial charge in [0.15, 0.2) is 11.5 Å². The van der Waals surface area contributed by atoms with Gasteiger partial charge in [-0.05, 0) is 65.9 Å². The van der Waals surface area contributed by atoms with E-state index in [0.717, 1.165) is 28.1 Å². The van der Waals surface area contributed by atoms with E-state index in [2.05, 4.69) is 64.6 Å². The Kier molecular flexibility index (Phi) is 8.23. The lowest BCUT2D eigenvalue weighted by Gasteiger charge is -2.19. The van der Waals surface area contributed by atoms with E-state index in [0.29, 0.717) is 19.3 Å². The average Bonchev–Trinajstić information content (AvgIpc) is 2.96. The van der Waals surface area contributed by atoms with Gasteiger partial charge in [0.1, 0.15) is 6.61 Å². The molecule has 2 aromatic rings. The Morgan fingerprint density at radius 1 is 0.964 bits per heavy atom. The van der Waals surface area contributed by atoms with E-state index >= 15 is 0 Å². The van der Waals surface area contributed by atoms with Crippen LogP contribution in [0.25, 0.3) is 0 Å². The lowest BCUT2D eigenvalue weighted by molar-refractivity contribution is 0.267. The maximum absolute atomic E-state index is 6.12. The van der Waals surface area contributed by atoms with Crippen LogP contribution in [0.2, 0.25) is 0 Å². The highest BCUT2D eigenvalue weighted by Gasteiger charge is 2.15. The Labute approximate surface area is 178 Å². The summed E-state index contributed by atoms with van der Waals surface area (Å²) in [7, 11) is 0. The van der Waals surface area contributed by atoms with Crippen LogP contribution in [-0.2, 0) is 13.2 Å². The molecule has 0 unspecified atom stereocenters. The third kappa shape index (κ3) is 6.25. The second kappa shape index (κ2) is 10.9. The number of hydrogen-bond acceptors (Lipinski definition) is 3. The highest BCUT2D eigenvalue weighted by molar-refractivity contribution is 9.10. The lowest BCUT2D eigenvalue weighted by Crippen LogP contribution is -2.27. The molecule has 0 heterocycles. The molecule has 0 aromatic heterocycles. The van der Waals surface area contributed by atoms with Crippen molar-refractivity contribution in [2.24, 2.45) is 0 Å². The van der Waals surface area contributed by atoms with Crippen LogP contribution < -0.4 is 14.8 Å². The molecule has 0 spiro atoms. The van der Waals surface area contributed by atoms with Gasteiger partial charge < -0.3 is 14.8 Å². The zero-order chi connectivity index (χ0) is 19.8. The molecule has 1 fully saturated rings. The summed E-state index contributed by atoms with van der Waals surface area (Å²) in [4.78, 5) is 0. The number of nitrogens with one attached hydrogen (secondary N) is 1. The molecule has 0 radical (unpaired) electrons. The third-order valence-corrected chi connectivity index (χ3v) is 5.91. The van der Waals surface area contributed by atoms with Crippen molar-refractivity contribution in [3.05, 3.63) is 57.6 Å². The molecule has 0 atom stereocenters. The molecule has 0 amide bonds. The second-order valence-corrected chi connectivity index (χ2v) is 8.54. The summed E-state index contributed by atoms with van der Waals surface area (Å²) in [5.74, 6) is 1.59. The predicted octanol–water partition coefficient (Wildman–Crippen LogP) is 6.55. The SMILES string of the molecule is CCOc1cc(CNC2CCCCCC2)cc(Br)c1OCc1ccc(C)cc1. The first kappa shape index (κ1) is 21.2. The largest absolute Gasteiger partial charge is 0.490 e. The zero-order valence-corrected chi connectivity index (χ0v) is 18.7. The zero-order valence-electron chi connectivity index (χ0n) is 17.1. The smallest absolute Gasteiger partial charge is 0.175 e. The molecule has 1 aliphatic carbocycles. The second-order valence-electron chi connectivity index (χ2n) is 7.68. The van der Waals surface area contributed by atoms with Crippen LogP contribution in [0.15, 0.2) is 40.9 Å². The molecule has 0 saturated heterocycles. The first-order valence-corrected chi connectivity index (χ1v) is 11.3. The van der Waals surface area contributed by atoms with E-state index in [9.17, 15) is 0 Å². The molecule has 0 aliphatic heterocycles. The van der Waals surface area contributed by atoms with Crippen LogP contribution in [0.5, 0.6) is 11.5 Å². The van der Waals surface area contributed by atoms with Crippen molar-refractivity contribution in [3.63, 3.8) is 0 Å². The predicted molar refractivity (Wildman–Crippen MR) is 119 cm³/mol. The number of aryl methyl sites for hydroxylation is 1. The minimum atomic E-state index is 0.526. The monoisotopic (exact) mass is 445 g/mol. The third-order valence-electron chi connectivity index (χ3n) is 5.32. The quantitative estimate of drug-likeness (QED) is 0.467. The van der Waals surface area contributed by atoms with Crippen LogP contribution in [-0.4, -0.2) is 12.6 Å². The fourth-order valence-corrected chi connectivity index (χ4v) is 4.32. The van der Waals surface area contributed by atoms with Crippen molar-refractivity contribution in [1.82, 2.24) is 5.32 Å². The van der Waals surface area contributed by atoms with Gasteiger partial charge in [0.2, 0.25) is 0 Å². The van der Waals surface area contributed by atoms with E-state index in [1.807, 2.05) is 6.92 Å². The Morgan fingerprint density at radius 3 is 2.36 bits per heavy atom. The van der Waals surface area contributed by atoms with E-state index in [4.69, 9.17) is 9.47 Å². The number of ether oxygens (including phenoxy) is 2. The van der Waals surface area contributed by atoms with E-state index in [1.54, 1.807) is 0 Å². The Bertz CT molecular complexity index is 737. The van der Waals surface area contributed by atoms with Gasteiger partial charge >= 0.3 is 0 Å². The molecule has 0 bridgehead atoms. The van der Waals surface area contributed by atoms with Crippen molar-refractivity contribution < 1.29 is 9.47 Å². The van der Waals surface area contributed by atoms with Crippen molar-refractivity contribution in [3.8, 4) is 11.5 Å². The van der Waals surface area contributed by atoms with Crippen molar-refractivity contribution in [2.45, 2.75) is 71.6 Å². The summed E-state index contributed by atoms with van der Waals surface area (Å²) in [5, 5.41) is 3.74. The fourth-order valence-electron chi connectivity index (χ4n) is 3.71. The summed E-state index contributed by atoms with van der Waals surface area (Å²) in [6.45, 7) is 6.11. The van der Waals surface area contributed by atoms with Crippen LogP contribution in [0.1, 0.15) is 62.1 Å². The average molecular weight is 446 g/mol. The van der Waals surface area contributed by atoms with Gasteiger partial charge in [-0.3, -0.25) is 0 Å². The molecule has 28 heavy (non-hydrogen) atoms. The number of rotatable bonds is 8. The first-order valence-electron chi connectivity index (χ1n) is 10.5. The topological polar surface area (TPSA) is 30.5 Å². The van der Waals surface area contributed by atoms with Crippen LogP contribution in [0, 0.1) is 6.92 Å². The Balaban J connectivity index is 1.67. The molecule has 1 saturated carbocycles. The molecular weight excluding hydrogens is 414 g/mol. The maximum atomic E-state index is 6.12. The Hall–Kier alpha value is -1.52. The van der Waals surface area contributed by atoms with E-state index in [-0.39, 0.29) is 0 Å². The molecule has 1 aliphatic rings. The highest BCUT2D eigenvalue weighted by atomic mass is 79.9. The molecule has 4 heteroatoms. The molecule has 3 rings (SSSR count). The normalized spacial score (nSPS) is 15.2. The highest BCUT2D eigenvalue weighted by Crippen LogP contribution is 2.37. The summed E-state index contributed by atoms with van der Waals surface area (Å²) < 4.78 is 13.0. The standard InChI is InChI=1S/C24H32BrNO2/c1-3-27-23-15-20(16-26-21-8-6-4-5-7-9-21)14-22(25)24(23)28-17-19-12-10-18(2)11-13-19/h10-15,21,26H,3-9,16-17H2,1-2H3. The van der Waals surface area contributed by atoms with Gasteiger partial charge in [0, 0.05) is 12.6 Å². The van der Waals surface area contributed by atoms with E-state index < -0.39 is 0 Å². The van der Waals surface area contributed by atoms with Crippen LogP contribution >= 0.6 is 15.9 Å². The van der Waals surface area contributed by atoms with Gasteiger partial charge in [0.25, 0.3) is 0 Å². The summed E-state index contributed by atoms with van der Waals surface area (Å²) in [6.07, 6.45) is 8.03. The number of hydrogen-bond donors (Lipinski definition) is 1. The minimum Gasteiger partial charge on any atom is -0.490 e. The van der Waals surface area contributed by atoms with Gasteiger partial charge in [-0.2, -0.15) is 0 Å². The van der Waals surface area contributed by atoms with Crippen molar-refractivity contribution >= 4 is 15.9 Å². The van der Waals surface area contributed by atoms with Crippen LogP contribution in [0.4, 0.5) is 0 Å². The molecule has 3 nitrogen and oxygen atoms in total. The van der Waals surface area contributed by atoms with E-state index in [1.165, 1.54) is 49.7 Å². The molecule has 152 valence electrons. The summed E-state index contributed by atoms with van der Waals surface area (Å²) in [5.41, 5.74) is 3.63. The molecule has 1 N–H and O–H groups in total. The van der Waals surface area contributed by atoms with Crippen molar-refractivity contribution in [1.29, 1.82) is 0 Å². The Morgan fingerprint density at radius 2 is 1.68 bits per heavy atom. The van der Waals surface area contributed by atoms with Crippen molar-refractivity contribution in [2.75, 3.05) is 6.61 Å². The maximum Gasteiger partial charge on any atom is 0.175 e. The molecule has 2 aromatic carbocycles.